The van der Waals surface area contributed by atoms with Crippen LogP contribution in [0.5, 0.6) is 0 Å². The summed E-state index contributed by atoms with van der Waals surface area (Å²) in [6.45, 7) is 7.91. The average molecular weight is 424 g/mol. The van der Waals surface area contributed by atoms with Gasteiger partial charge in [-0.15, -0.1) is 0 Å². The van der Waals surface area contributed by atoms with Gasteiger partial charge in [-0.05, 0) is 39.3 Å². The van der Waals surface area contributed by atoms with Crippen molar-refractivity contribution in [2.75, 3.05) is 19.8 Å². The number of hydrogen-bond acceptors (Lipinski definition) is 7. The van der Waals surface area contributed by atoms with Gasteiger partial charge in [-0.1, -0.05) is 31.5 Å². The second kappa shape index (κ2) is 11.3. The zero-order valence-corrected chi connectivity index (χ0v) is 18.1. The molecule has 0 unspecified atom stereocenters. The van der Waals surface area contributed by atoms with Crippen LogP contribution < -0.4 is 5.32 Å². The number of carbonyl (C=O) groups is 2. The standard InChI is InChI=1S/C22H33NO7/c1-5-6-12-27-13-16(24)19-18(23-21(26)30-22(2,3)4)17(14-28-19)29-20(25)15-10-8-7-9-11-15/h7-11,16-19,24H,5-6,12-14H2,1-4H3,(H,23,26)/t16-,17+,18-,19-/m1/s1. The topological polar surface area (TPSA) is 103 Å². The summed E-state index contributed by atoms with van der Waals surface area (Å²) >= 11 is 0. The largest absolute Gasteiger partial charge is 0.454 e. The average Bonchev–Trinajstić information content (AvgIpc) is 3.06. The highest BCUT2D eigenvalue weighted by Crippen LogP contribution is 2.23. The van der Waals surface area contributed by atoms with E-state index in [4.69, 9.17) is 18.9 Å². The van der Waals surface area contributed by atoms with Gasteiger partial charge in [0.05, 0.1) is 18.8 Å². The number of rotatable bonds is 9. The van der Waals surface area contributed by atoms with Crippen LogP contribution >= 0.6 is 0 Å². The van der Waals surface area contributed by atoms with Crippen LogP contribution in [0.4, 0.5) is 4.79 Å². The molecule has 0 radical (unpaired) electrons. The number of unbranched alkanes of at least 4 members (excludes halogenated alkanes) is 1. The maximum absolute atomic E-state index is 12.5. The Morgan fingerprint density at radius 3 is 2.60 bits per heavy atom. The summed E-state index contributed by atoms with van der Waals surface area (Å²) in [6, 6.07) is 7.77. The van der Waals surface area contributed by atoms with E-state index in [0.29, 0.717) is 12.2 Å². The number of aliphatic hydroxyl groups excluding tert-OH is 1. The molecular formula is C22H33NO7. The highest BCUT2D eigenvalue weighted by Gasteiger charge is 2.45. The van der Waals surface area contributed by atoms with Gasteiger partial charge in [-0.3, -0.25) is 0 Å². The van der Waals surface area contributed by atoms with Gasteiger partial charge in [0, 0.05) is 6.61 Å². The number of amides is 1. The predicted octanol–water partition coefficient (Wildman–Crippen LogP) is 2.68. The summed E-state index contributed by atoms with van der Waals surface area (Å²) < 4.78 is 22.1. The summed E-state index contributed by atoms with van der Waals surface area (Å²) in [7, 11) is 0. The molecule has 2 rings (SSSR count). The summed E-state index contributed by atoms with van der Waals surface area (Å²) in [6.07, 6.45) is -1.38. The third-order valence-corrected chi connectivity index (χ3v) is 4.47. The number of benzene rings is 1. The van der Waals surface area contributed by atoms with E-state index in [1.165, 1.54) is 0 Å². The quantitative estimate of drug-likeness (QED) is 0.465. The van der Waals surface area contributed by atoms with Crippen molar-refractivity contribution in [1.82, 2.24) is 5.32 Å². The number of hydrogen-bond donors (Lipinski definition) is 2. The molecule has 1 aliphatic heterocycles. The fraction of sp³-hybridized carbons (Fsp3) is 0.636. The first-order valence-corrected chi connectivity index (χ1v) is 10.3. The minimum absolute atomic E-state index is 0.0374. The van der Waals surface area contributed by atoms with Crippen LogP contribution in [0.25, 0.3) is 0 Å². The van der Waals surface area contributed by atoms with Gasteiger partial charge < -0.3 is 29.4 Å². The molecule has 0 aromatic heterocycles. The van der Waals surface area contributed by atoms with Crippen molar-refractivity contribution in [2.24, 2.45) is 0 Å². The molecule has 2 N–H and O–H groups in total. The van der Waals surface area contributed by atoms with E-state index in [1.54, 1.807) is 51.1 Å². The SMILES string of the molecule is CCCCOC[C@@H](O)[C@H]1OC[C@H](OC(=O)c2ccccc2)[C@H]1NC(=O)OC(C)(C)C. The van der Waals surface area contributed by atoms with Gasteiger partial charge in [-0.2, -0.15) is 0 Å². The predicted molar refractivity (Wildman–Crippen MR) is 110 cm³/mol. The highest BCUT2D eigenvalue weighted by molar-refractivity contribution is 5.89. The third-order valence-electron chi connectivity index (χ3n) is 4.47. The molecule has 168 valence electrons. The van der Waals surface area contributed by atoms with Gasteiger partial charge >= 0.3 is 12.1 Å². The normalized spacial score (nSPS) is 22.4. The van der Waals surface area contributed by atoms with Gasteiger partial charge in [0.1, 0.15) is 30.0 Å². The van der Waals surface area contributed by atoms with Crippen molar-refractivity contribution < 1.29 is 33.6 Å². The first-order valence-electron chi connectivity index (χ1n) is 10.3. The van der Waals surface area contributed by atoms with Crippen molar-refractivity contribution >= 4 is 12.1 Å². The number of ether oxygens (including phenoxy) is 4. The lowest BCUT2D eigenvalue weighted by molar-refractivity contribution is -0.0557. The Morgan fingerprint density at radius 2 is 1.97 bits per heavy atom. The minimum atomic E-state index is -0.998. The van der Waals surface area contributed by atoms with E-state index < -0.39 is 42.0 Å². The summed E-state index contributed by atoms with van der Waals surface area (Å²) in [5.41, 5.74) is -0.308. The Kier molecular flexibility index (Phi) is 9.08. The molecule has 8 heteroatoms. The molecule has 1 saturated heterocycles. The van der Waals surface area contributed by atoms with Crippen LogP contribution in [0.2, 0.25) is 0 Å². The molecule has 30 heavy (non-hydrogen) atoms. The van der Waals surface area contributed by atoms with Crippen LogP contribution in [-0.4, -0.2) is 66.9 Å². The molecule has 0 saturated carbocycles. The zero-order chi connectivity index (χ0) is 22.1. The second-order valence-corrected chi connectivity index (χ2v) is 8.28. The summed E-state index contributed by atoms with van der Waals surface area (Å²) in [4.78, 5) is 24.8. The molecule has 1 amide bonds. The molecule has 8 nitrogen and oxygen atoms in total. The molecule has 1 aliphatic rings. The first kappa shape index (κ1) is 24.1. The molecule has 1 fully saturated rings. The van der Waals surface area contributed by atoms with E-state index in [0.717, 1.165) is 12.8 Å². The second-order valence-electron chi connectivity index (χ2n) is 8.28. The van der Waals surface area contributed by atoms with Crippen molar-refractivity contribution in [3.63, 3.8) is 0 Å². The Balaban J connectivity index is 2.06. The maximum atomic E-state index is 12.5. The van der Waals surface area contributed by atoms with Crippen molar-refractivity contribution in [1.29, 1.82) is 0 Å². The number of alkyl carbamates (subject to hydrolysis) is 1. The first-order chi connectivity index (χ1) is 14.2. The Labute approximate surface area is 177 Å². The van der Waals surface area contributed by atoms with Crippen LogP contribution in [0.1, 0.15) is 50.9 Å². The number of aliphatic hydroxyl groups is 1. The zero-order valence-electron chi connectivity index (χ0n) is 18.1. The van der Waals surface area contributed by atoms with Crippen LogP contribution in [0, 0.1) is 0 Å². The molecule has 0 spiro atoms. The van der Waals surface area contributed by atoms with E-state index in [1.807, 2.05) is 6.92 Å². The Bertz CT molecular complexity index is 674. The lowest BCUT2D eigenvalue weighted by atomic mass is 10.0. The highest BCUT2D eigenvalue weighted by atomic mass is 16.6. The minimum Gasteiger partial charge on any atom is -0.454 e. The number of esters is 1. The molecule has 0 aliphatic carbocycles. The van der Waals surface area contributed by atoms with Gasteiger partial charge in [-0.25, -0.2) is 9.59 Å². The van der Waals surface area contributed by atoms with Gasteiger partial charge in [0.2, 0.25) is 0 Å². The monoisotopic (exact) mass is 423 g/mol. The molecule has 1 aromatic carbocycles. The summed E-state index contributed by atoms with van der Waals surface area (Å²) in [5.74, 6) is -0.533. The summed E-state index contributed by atoms with van der Waals surface area (Å²) in [5, 5.41) is 13.2. The third kappa shape index (κ3) is 7.59. The molecule has 4 atom stereocenters. The van der Waals surface area contributed by atoms with E-state index in [2.05, 4.69) is 5.32 Å². The van der Waals surface area contributed by atoms with Gasteiger partial charge in [0.25, 0.3) is 0 Å². The van der Waals surface area contributed by atoms with E-state index in [-0.39, 0.29) is 13.2 Å². The fourth-order valence-electron chi connectivity index (χ4n) is 3.03. The lowest BCUT2D eigenvalue weighted by Crippen LogP contribution is -2.53. The van der Waals surface area contributed by atoms with Crippen LogP contribution in [0.15, 0.2) is 30.3 Å². The molecular weight excluding hydrogens is 390 g/mol. The van der Waals surface area contributed by atoms with Crippen molar-refractivity contribution in [2.45, 2.75) is 70.5 Å². The Morgan fingerprint density at radius 1 is 1.27 bits per heavy atom. The van der Waals surface area contributed by atoms with E-state index in [9.17, 15) is 14.7 Å². The lowest BCUT2D eigenvalue weighted by Gasteiger charge is -2.28. The maximum Gasteiger partial charge on any atom is 0.408 e. The van der Waals surface area contributed by atoms with Crippen LogP contribution in [-0.2, 0) is 18.9 Å². The molecule has 1 aromatic rings. The van der Waals surface area contributed by atoms with Gasteiger partial charge in [0.15, 0.2) is 0 Å². The molecule has 1 heterocycles. The van der Waals surface area contributed by atoms with Crippen molar-refractivity contribution in [3.8, 4) is 0 Å². The molecule has 0 bridgehead atoms. The van der Waals surface area contributed by atoms with Crippen LogP contribution in [0.3, 0.4) is 0 Å². The Hall–Kier alpha value is -2.16. The fourth-order valence-corrected chi connectivity index (χ4v) is 3.03. The smallest absolute Gasteiger partial charge is 0.408 e. The number of nitrogens with one attached hydrogen (secondary N) is 1. The van der Waals surface area contributed by atoms with E-state index >= 15 is 0 Å². The van der Waals surface area contributed by atoms with Crippen molar-refractivity contribution in [3.05, 3.63) is 35.9 Å². The number of carbonyl (C=O) groups excluding carboxylic acids is 2.